The van der Waals surface area contributed by atoms with Gasteiger partial charge in [0.25, 0.3) is 0 Å². The van der Waals surface area contributed by atoms with Crippen molar-refractivity contribution >= 4 is 5.91 Å². The molecule has 0 aliphatic carbocycles. The molecular formula is C35H67NO4. The van der Waals surface area contributed by atoms with Crippen LogP contribution in [-0.4, -0.2) is 46.1 Å². The van der Waals surface area contributed by atoms with E-state index in [0.29, 0.717) is 6.42 Å². The number of carbonyl (C=O) groups is 1. The first-order valence-corrected chi connectivity index (χ1v) is 17.2. The van der Waals surface area contributed by atoms with Crippen LogP contribution in [0.2, 0.25) is 0 Å². The van der Waals surface area contributed by atoms with E-state index in [1.807, 2.05) is 6.08 Å². The topological polar surface area (TPSA) is 89.8 Å². The number of amides is 1. The number of unbranched alkanes of at least 4 members (excludes halogenated alkanes) is 20. The average molecular weight is 566 g/mol. The molecule has 0 spiro atoms. The Labute approximate surface area is 248 Å². The van der Waals surface area contributed by atoms with Crippen molar-refractivity contribution < 1.29 is 20.1 Å². The lowest BCUT2D eigenvalue weighted by Crippen LogP contribution is -2.48. The fourth-order valence-electron chi connectivity index (χ4n) is 5.02. The van der Waals surface area contributed by atoms with E-state index >= 15 is 0 Å². The maximum atomic E-state index is 12.3. The van der Waals surface area contributed by atoms with Gasteiger partial charge in [-0.05, 0) is 32.1 Å². The highest BCUT2D eigenvalue weighted by Gasteiger charge is 2.22. The van der Waals surface area contributed by atoms with Gasteiger partial charge < -0.3 is 20.6 Å². The third-order valence-electron chi connectivity index (χ3n) is 7.79. The third-order valence-corrected chi connectivity index (χ3v) is 7.79. The summed E-state index contributed by atoms with van der Waals surface area (Å²) in [6, 6.07) is -0.807. The van der Waals surface area contributed by atoms with Gasteiger partial charge in [0.05, 0.1) is 18.8 Å². The van der Waals surface area contributed by atoms with Gasteiger partial charge in [0.1, 0.15) is 6.10 Å². The first kappa shape index (κ1) is 38.8. The van der Waals surface area contributed by atoms with Crippen molar-refractivity contribution in [3.8, 4) is 0 Å². The molecule has 5 heteroatoms. The van der Waals surface area contributed by atoms with Gasteiger partial charge in [-0.3, -0.25) is 4.79 Å². The largest absolute Gasteiger partial charge is 0.394 e. The van der Waals surface area contributed by atoms with Gasteiger partial charge >= 0.3 is 0 Å². The highest BCUT2D eigenvalue weighted by atomic mass is 16.3. The Kier molecular flexibility index (Phi) is 29.9. The second-order valence-electron chi connectivity index (χ2n) is 11.7. The number of aliphatic hydroxyl groups excluding tert-OH is 3. The fraction of sp³-hybridized carbons (Fsp3) is 0.857. The molecule has 1 amide bonds. The monoisotopic (exact) mass is 566 g/mol. The quantitative estimate of drug-likeness (QED) is 0.0518. The molecular weight excluding hydrogens is 498 g/mol. The van der Waals surface area contributed by atoms with Gasteiger partial charge in [-0.15, -0.1) is 0 Å². The molecule has 0 aliphatic heterocycles. The van der Waals surface area contributed by atoms with Gasteiger partial charge in [0.15, 0.2) is 0 Å². The minimum atomic E-state index is -1.10. The van der Waals surface area contributed by atoms with Crippen LogP contribution in [0, 0.1) is 0 Å². The van der Waals surface area contributed by atoms with E-state index in [4.69, 9.17) is 0 Å². The summed E-state index contributed by atoms with van der Waals surface area (Å²) in [7, 11) is 0. The maximum Gasteiger partial charge on any atom is 0.249 e. The number of allylic oxidation sites excluding steroid dienone is 3. The summed E-state index contributed by atoms with van der Waals surface area (Å²) in [5.41, 5.74) is 0. The van der Waals surface area contributed by atoms with E-state index in [2.05, 4.69) is 31.3 Å². The molecule has 3 atom stereocenters. The Bertz CT molecular complexity index is 592. The molecule has 0 heterocycles. The van der Waals surface area contributed by atoms with E-state index in [1.54, 1.807) is 6.08 Å². The molecule has 236 valence electrons. The highest BCUT2D eigenvalue weighted by Crippen LogP contribution is 2.13. The molecule has 40 heavy (non-hydrogen) atoms. The lowest BCUT2D eigenvalue weighted by molar-refractivity contribution is -0.131. The summed E-state index contributed by atoms with van der Waals surface area (Å²) >= 11 is 0. The normalized spacial score (nSPS) is 14.2. The summed E-state index contributed by atoms with van der Waals surface area (Å²) in [6.45, 7) is 4.12. The molecule has 0 saturated heterocycles. The van der Waals surface area contributed by atoms with Gasteiger partial charge in [0, 0.05) is 0 Å². The van der Waals surface area contributed by atoms with E-state index in [1.165, 1.54) is 109 Å². The van der Waals surface area contributed by atoms with E-state index in [-0.39, 0.29) is 6.61 Å². The Morgan fingerprint density at radius 2 is 1.02 bits per heavy atom. The van der Waals surface area contributed by atoms with Crippen LogP contribution in [0.15, 0.2) is 24.3 Å². The average Bonchev–Trinajstić information content (AvgIpc) is 2.96. The van der Waals surface area contributed by atoms with E-state index in [0.717, 1.165) is 38.5 Å². The van der Waals surface area contributed by atoms with Crippen LogP contribution in [0.3, 0.4) is 0 Å². The number of aliphatic hydroxyl groups is 3. The molecule has 0 fully saturated rings. The Morgan fingerprint density at radius 3 is 1.52 bits per heavy atom. The predicted octanol–water partition coefficient (Wildman–Crippen LogP) is 8.70. The number of nitrogens with one attached hydrogen (secondary N) is 1. The second kappa shape index (κ2) is 30.8. The van der Waals surface area contributed by atoms with Crippen LogP contribution in [-0.2, 0) is 4.79 Å². The predicted molar refractivity (Wildman–Crippen MR) is 171 cm³/mol. The fourth-order valence-corrected chi connectivity index (χ4v) is 5.02. The summed E-state index contributed by atoms with van der Waals surface area (Å²) < 4.78 is 0. The van der Waals surface area contributed by atoms with E-state index in [9.17, 15) is 20.1 Å². The first-order valence-electron chi connectivity index (χ1n) is 17.2. The molecule has 0 saturated carbocycles. The van der Waals surface area contributed by atoms with Crippen LogP contribution < -0.4 is 5.32 Å². The lowest BCUT2D eigenvalue weighted by atomic mass is 10.0. The molecule has 0 aliphatic rings. The van der Waals surface area contributed by atoms with Crippen molar-refractivity contribution in [3.63, 3.8) is 0 Å². The first-order chi connectivity index (χ1) is 19.6. The summed E-state index contributed by atoms with van der Waals surface area (Å²) in [5.74, 6) is -0.516. The molecule has 0 aromatic heterocycles. The standard InChI is InChI=1S/C35H67NO4/c1-3-5-7-9-11-13-15-16-17-18-19-20-22-23-25-27-29-33(38)32(31-37)36-35(40)34(39)30-28-26-24-21-14-12-10-8-6-4-2/h20,22,27,29,32-34,37-39H,3-19,21,23-26,28,30-31H2,1-2H3,(H,36,40)/b22-20+,29-27+. The molecule has 4 N–H and O–H groups in total. The Hall–Kier alpha value is -1.17. The smallest absolute Gasteiger partial charge is 0.249 e. The van der Waals surface area contributed by atoms with Crippen molar-refractivity contribution in [1.82, 2.24) is 5.32 Å². The van der Waals surface area contributed by atoms with Crippen molar-refractivity contribution in [2.75, 3.05) is 6.61 Å². The zero-order chi connectivity index (χ0) is 29.5. The molecule has 0 bridgehead atoms. The number of carbonyl (C=O) groups excluding carboxylic acids is 1. The minimum Gasteiger partial charge on any atom is -0.394 e. The van der Waals surface area contributed by atoms with Crippen molar-refractivity contribution in [2.24, 2.45) is 0 Å². The van der Waals surface area contributed by atoms with Crippen LogP contribution in [0.1, 0.15) is 168 Å². The minimum absolute atomic E-state index is 0.374. The molecule has 5 nitrogen and oxygen atoms in total. The van der Waals surface area contributed by atoms with E-state index < -0.39 is 24.2 Å². The van der Waals surface area contributed by atoms with Crippen molar-refractivity contribution in [3.05, 3.63) is 24.3 Å². The van der Waals surface area contributed by atoms with Crippen LogP contribution in [0.4, 0.5) is 0 Å². The molecule has 3 unspecified atom stereocenters. The zero-order valence-electron chi connectivity index (χ0n) is 26.5. The van der Waals surface area contributed by atoms with Crippen molar-refractivity contribution in [1.29, 1.82) is 0 Å². The summed E-state index contributed by atoms with van der Waals surface area (Å²) in [4.78, 5) is 12.3. The lowest BCUT2D eigenvalue weighted by Gasteiger charge is -2.21. The Morgan fingerprint density at radius 1 is 0.600 bits per heavy atom. The van der Waals surface area contributed by atoms with Gasteiger partial charge in [-0.2, -0.15) is 0 Å². The van der Waals surface area contributed by atoms with Crippen molar-refractivity contribution in [2.45, 2.75) is 186 Å². The van der Waals surface area contributed by atoms with Gasteiger partial charge in [-0.1, -0.05) is 160 Å². The molecule has 0 radical (unpaired) electrons. The van der Waals surface area contributed by atoms with Crippen LogP contribution >= 0.6 is 0 Å². The molecule has 0 rings (SSSR count). The second-order valence-corrected chi connectivity index (χ2v) is 11.7. The summed E-state index contributed by atoms with van der Waals surface area (Å²) in [5, 5.41) is 32.8. The molecule has 0 aromatic rings. The number of hydrogen-bond donors (Lipinski definition) is 4. The van der Waals surface area contributed by atoms with Crippen LogP contribution in [0.25, 0.3) is 0 Å². The van der Waals surface area contributed by atoms with Gasteiger partial charge in [0.2, 0.25) is 5.91 Å². The summed E-state index contributed by atoms with van der Waals surface area (Å²) in [6.07, 6.45) is 34.8. The molecule has 0 aromatic carbocycles. The third kappa shape index (κ3) is 25.8. The SMILES string of the molecule is CCCCCCCCCCCC/C=C/CC/C=C/C(O)C(CO)NC(=O)C(O)CCCCCCCCCCCC. The maximum absolute atomic E-state index is 12.3. The Balaban J connectivity index is 3.82. The zero-order valence-corrected chi connectivity index (χ0v) is 26.5. The number of hydrogen-bond acceptors (Lipinski definition) is 4. The van der Waals surface area contributed by atoms with Gasteiger partial charge in [-0.25, -0.2) is 0 Å². The number of rotatable bonds is 30. The van der Waals surface area contributed by atoms with Crippen LogP contribution in [0.5, 0.6) is 0 Å². The highest BCUT2D eigenvalue weighted by molar-refractivity contribution is 5.80.